The third kappa shape index (κ3) is 4.34. The van der Waals surface area contributed by atoms with Crippen LogP contribution in [0.15, 0.2) is 40.9 Å². The Morgan fingerprint density at radius 3 is 2.48 bits per heavy atom. The van der Waals surface area contributed by atoms with Gasteiger partial charge in [0.2, 0.25) is 0 Å². The van der Waals surface area contributed by atoms with Gasteiger partial charge in [0.05, 0.1) is 11.1 Å². The zero-order chi connectivity index (χ0) is 17.0. The molecule has 1 atom stereocenters. The van der Waals surface area contributed by atoms with Crippen LogP contribution in [0.1, 0.15) is 22.3 Å². The summed E-state index contributed by atoms with van der Waals surface area (Å²) in [6.07, 6.45) is -2.02. The number of hydrogen-bond acceptors (Lipinski definition) is 2. The van der Waals surface area contributed by atoms with Crippen molar-refractivity contribution in [2.45, 2.75) is 19.5 Å². The molecule has 0 aromatic heterocycles. The van der Waals surface area contributed by atoms with Crippen LogP contribution >= 0.6 is 15.9 Å². The van der Waals surface area contributed by atoms with Gasteiger partial charge in [0, 0.05) is 12.0 Å². The van der Waals surface area contributed by atoms with E-state index in [0.717, 1.165) is 12.1 Å². The van der Waals surface area contributed by atoms with E-state index in [1.165, 1.54) is 12.1 Å². The van der Waals surface area contributed by atoms with E-state index in [4.69, 9.17) is 4.74 Å². The van der Waals surface area contributed by atoms with Crippen LogP contribution in [-0.4, -0.2) is 18.6 Å². The van der Waals surface area contributed by atoms with Crippen molar-refractivity contribution in [2.24, 2.45) is 0 Å². The molecule has 0 heterocycles. The molecule has 6 heteroatoms. The van der Waals surface area contributed by atoms with Crippen molar-refractivity contribution in [3.05, 3.63) is 63.6 Å². The van der Waals surface area contributed by atoms with Crippen molar-refractivity contribution < 1.29 is 22.7 Å². The van der Waals surface area contributed by atoms with Crippen LogP contribution in [0.4, 0.5) is 13.2 Å². The number of carbonyl (C=O) groups is 1. The highest BCUT2D eigenvalue weighted by Gasteiger charge is 2.20. The minimum absolute atomic E-state index is 0.0285. The number of carbonyl (C=O) groups excluding carboxylic acids is 1. The van der Waals surface area contributed by atoms with Gasteiger partial charge in [-0.05, 0) is 58.7 Å². The van der Waals surface area contributed by atoms with E-state index in [0.29, 0.717) is 5.56 Å². The molecule has 2 aromatic rings. The molecule has 2 aromatic carbocycles. The van der Waals surface area contributed by atoms with Crippen molar-refractivity contribution in [3.63, 3.8) is 0 Å². The number of halogens is 4. The Bertz CT molecular complexity index is 702. The van der Waals surface area contributed by atoms with Crippen LogP contribution in [0.2, 0.25) is 0 Å². The highest BCUT2D eigenvalue weighted by Crippen LogP contribution is 2.28. The summed E-state index contributed by atoms with van der Waals surface area (Å²) in [5.41, 5.74) is 0.662. The van der Waals surface area contributed by atoms with Gasteiger partial charge in [-0.15, -0.1) is 0 Å². The lowest BCUT2D eigenvalue weighted by Crippen LogP contribution is -2.19. The average molecular weight is 387 g/mol. The maximum absolute atomic E-state index is 13.9. The summed E-state index contributed by atoms with van der Waals surface area (Å²) in [6, 6.07) is 7.85. The van der Waals surface area contributed by atoms with E-state index >= 15 is 0 Å². The summed E-state index contributed by atoms with van der Waals surface area (Å²) in [5.74, 6) is -1.79. The predicted octanol–water partition coefficient (Wildman–Crippen LogP) is 5.03. The molecule has 0 spiro atoms. The van der Waals surface area contributed by atoms with E-state index in [1.807, 2.05) is 0 Å². The van der Waals surface area contributed by atoms with Gasteiger partial charge in [0.1, 0.15) is 5.82 Å². The standard InChI is InChI=1S/C17H14BrF3O2/c1-10-2-7-13(18)15(21)17(10)23-9-8-14(20)16(22)11-3-5-12(19)6-4-11/h2-7,14H,8-9H2,1H3. The zero-order valence-corrected chi connectivity index (χ0v) is 13.9. The number of ketones is 1. The molecule has 2 nitrogen and oxygen atoms in total. The number of alkyl halides is 1. The van der Waals surface area contributed by atoms with Gasteiger partial charge < -0.3 is 4.74 Å². The Morgan fingerprint density at radius 2 is 1.83 bits per heavy atom. The maximum atomic E-state index is 13.9. The second kappa shape index (κ2) is 7.64. The highest BCUT2D eigenvalue weighted by molar-refractivity contribution is 9.10. The van der Waals surface area contributed by atoms with Gasteiger partial charge in [-0.25, -0.2) is 13.2 Å². The van der Waals surface area contributed by atoms with E-state index in [9.17, 15) is 18.0 Å². The van der Waals surface area contributed by atoms with Crippen LogP contribution in [-0.2, 0) is 0 Å². The highest BCUT2D eigenvalue weighted by atomic mass is 79.9. The number of benzene rings is 2. The van der Waals surface area contributed by atoms with Gasteiger partial charge in [0.15, 0.2) is 23.5 Å². The summed E-state index contributed by atoms with van der Waals surface area (Å²) in [4.78, 5) is 11.9. The molecule has 0 N–H and O–H groups in total. The number of rotatable bonds is 6. The number of hydrogen-bond donors (Lipinski definition) is 0. The molecule has 1 unspecified atom stereocenters. The molecule has 122 valence electrons. The van der Waals surface area contributed by atoms with E-state index < -0.39 is 23.6 Å². The fourth-order valence-electron chi connectivity index (χ4n) is 2.00. The summed E-state index contributed by atoms with van der Waals surface area (Å²) in [6.45, 7) is 1.52. The molecule has 0 bridgehead atoms. The maximum Gasteiger partial charge on any atom is 0.197 e. The first-order valence-corrected chi connectivity index (χ1v) is 7.70. The predicted molar refractivity (Wildman–Crippen MR) is 84.6 cm³/mol. The fourth-order valence-corrected chi connectivity index (χ4v) is 2.31. The summed E-state index contributed by atoms with van der Waals surface area (Å²) in [7, 11) is 0. The summed E-state index contributed by atoms with van der Waals surface area (Å²) >= 11 is 3.05. The molecule has 0 saturated carbocycles. The van der Waals surface area contributed by atoms with Crippen LogP contribution in [0.5, 0.6) is 5.75 Å². The van der Waals surface area contributed by atoms with Gasteiger partial charge in [-0.1, -0.05) is 6.07 Å². The van der Waals surface area contributed by atoms with Crippen LogP contribution in [0, 0.1) is 18.6 Å². The number of Topliss-reactive ketones (excluding diaryl/α,β-unsaturated/α-hetero) is 1. The molecule has 0 saturated heterocycles. The molecule has 23 heavy (non-hydrogen) atoms. The van der Waals surface area contributed by atoms with Crippen molar-refractivity contribution >= 4 is 21.7 Å². The van der Waals surface area contributed by atoms with Gasteiger partial charge in [-0.3, -0.25) is 4.79 Å². The van der Waals surface area contributed by atoms with E-state index in [2.05, 4.69) is 15.9 Å². The lowest BCUT2D eigenvalue weighted by Gasteiger charge is -2.12. The van der Waals surface area contributed by atoms with Crippen LogP contribution in [0.3, 0.4) is 0 Å². The second-order valence-corrected chi connectivity index (χ2v) is 5.84. The van der Waals surface area contributed by atoms with Gasteiger partial charge >= 0.3 is 0 Å². The molecule has 0 radical (unpaired) electrons. The molecule has 0 fully saturated rings. The third-order valence-corrected chi connectivity index (χ3v) is 3.89. The molecule has 0 aliphatic rings. The zero-order valence-electron chi connectivity index (χ0n) is 12.3. The SMILES string of the molecule is Cc1ccc(Br)c(F)c1OCCC(F)C(=O)c1ccc(F)cc1. The minimum Gasteiger partial charge on any atom is -0.490 e. The molecule has 0 aliphatic heterocycles. The van der Waals surface area contributed by atoms with Crippen LogP contribution in [0.25, 0.3) is 0 Å². The topological polar surface area (TPSA) is 26.3 Å². The van der Waals surface area contributed by atoms with Crippen molar-refractivity contribution in [2.75, 3.05) is 6.61 Å². The fraction of sp³-hybridized carbons (Fsp3) is 0.235. The lowest BCUT2D eigenvalue weighted by atomic mass is 10.1. The minimum atomic E-state index is -1.80. The van der Waals surface area contributed by atoms with E-state index in [-0.39, 0.29) is 28.8 Å². The second-order valence-electron chi connectivity index (χ2n) is 4.98. The average Bonchev–Trinajstić information content (AvgIpc) is 2.54. The third-order valence-electron chi connectivity index (χ3n) is 3.28. The number of aryl methyl sites for hydroxylation is 1. The molecular weight excluding hydrogens is 373 g/mol. The van der Waals surface area contributed by atoms with Crippen molar-refractivity contribution in [1.82, 2.24) is 0 Å². The van der Waals surface area contributed by atoms with Gasteiger partial charge in [0.25, 0.3) is 0 Å². The first-order valence-electron chi connectivity index (χ1n) is 6.91. The molecule has 0 aliphatic carbocycles. The van der Waals surface area contributed by atoms with Crippen LogP contribution < -0.4 is 4.74 Å². The van der Waals surface area contributed by atoms with Crippen molar-refractivity contribution in [3.8, 4) is 5.75 Å². The molecule has 0 amide bonds. The van der Waals surface area contributed by atoms with Gasteiger partial charge in [-0.2, -0.15) is 0 Å². The Kier molecular flexibility index (Phi) is 5.82. The summed E-state index contributed by atoms with van der Waals surface area (Å²) in [5, 5.41) is 0. The van der Waals surface area contributed by atoms with E-state index in [1.54, 1.807) is 19.1 Å². The van der Waals surface area contributed by atoms with Crippen molar-refractivity contribution in [1.29, 1.82) is 0 Å². The monoisotopic (exact) mass is 386 g/mol. The molecular formula is C17H14BrF3O2. The molecule has 2 rings (SSSR count). The largest absolute Gasteiger partial charge is 0.490 e. The first kappa shape index (κ1) is 17.5. The Morgan fingerprint density at radius 1 is 1.17 bits per heavy atom. The quantitative estimate of drug-likeness (QED) is 0.651. The number of ether oxygens (including phenoxy) is 1. The Hall–Kier alpha value is -1.82. The lowest BCUT2D eigenvalue weighted by molar-refractivity contribution is 0.0850. The smallest absolute Gasteiger partial charge is 0.197 e. The Labute approximate surface area is 140 Å². The summed E-state index contributed by atoms with van der Waals surface area (Å²) < 4.78 is 46.1. The first-order chi connectivity index (χ1) is 10.9. The normalized spacial score (nSPS) is 12.0. The Balaban J connectivity index is 1.95.